The topological polar surface area (TPSA) is 37.3 Å². The van der Waals surface area contributed by atoms with Gasteiger partial charge in [0, 0.05) is 26.5 Å². The van der Waals surface area contributed by atoms with E-state index in [1.165, 1.54) is 11.3 Å². The Hall–Kier alpha value is -0.870. The Morgan fingerprint density at radius 3 is 2.93 bits per heavy atom. The molecule has 0 saturated carbocycles. The van der Waals surface area contributed by atoms with Crippen LogP contribution >= 0.6 is 27.3 Å². The molecule has 0 amide bonds. The van der Waals surface area contributed by atoms with Crippen LogP contribution in [0.1, 0.15) is 15.9 Å². The van der Waals surface area contributed by atoms with E-state index in [4.69, 9.17) is 0 Å². The molecular formula is C10H7BrO2S. The van der Waals surface area contributed by atoms with Crippen LogP contribution in [-0.4, -0.2) is 11.4 Å². The lowest BCUT2D eigenvalue weighted by Gasteiger charge is -1.94. The first-order chi connectivity index (χ1) is 6.76. The van der Waals surface area contributed by atoms with Crippen molar-refractivity contribution in [1.82, 2.24) is 0 Å². The van der Waals surface area contributed by atoms with Crippen molar-refractivity contribution >= 4 is 43.6 Å². The summed E-state index contributed by atoms with van der Waals surface area (Å²) >= 11 is 4.62. The zero-order valence-electron chi connectivity index (χ0n) is 7.16. The fourth-order valence-electron chi connectivity index (χ4n) is 1.36. The van der Waals surface area contributed by atoms with Crippen molar-refractivity contribution in [3.63, 3.8) is 0 Å². The number of hydrogen-bond acceptors (Lipinski definition) is 3. The summed E-state index contributed by atoms with van der Waals surface area (Å²) in [5.41, 5.74) is 1.53. The Morgan fingerprint density at radius 1 is 1.50 bits per heavy atom. The Balaban J connectivity index is 2.74. The van der Waals surface area contributed by atoms with Crippen LogP contribution in [0.2, 0.25) is 0 Å². The van der Waals surface area contributed by atoms with Gasteiger partial charge in [-0.25, -0.2) is 0 Å². The zero-order valence-corrected chi connectivity index (χ0v) is 9.56. The average molecular weight is 271 g/mol. The number of carbonyl (C=O) groups is 1. The number of hydrogen-bond donors (Lipinski definition) is 1. The third-order valence-corrected chi connectivity index (χ3v) is 3.62. The van der Waals surface area contributed by atoms with E-state index in [1.807, 2.05) is 6.07 Å². The molecule has 1 aromatic heterocycles. The maximum Gasteiger partial charge on any atom is 0.176 e. The molecule has 0 atom stereocenters. The Labute approximate surface area is 93.3 Å². The molecule has 0 unspecified atom stereocenters. The monoisotopic (exact) mass is 270 g/mol. The fourth-order valence-corrected chi connectivity index (χ4v) is 3.12. The second-order valence-corrected chi connectivity index (χ2v) is 4.48. The van der Waals surface area contributed by atoms with E-state index in [0.717, 1.165) is 21.9 Å². The number of fused-ring (bicyclic) bond motifs is 1. The smallest absolute Gasteiger partial charge is 0.176 e. The summed E-state index contributed by atoms with van der Waals surface area (Å²) in [4.78, 5) is 10.5. The molecule has 0 aliphatic heterocycles. The molecule has 2 rings (SSSR count). The van der Waals surface area contributed by atoms with E-state index in [9.17, 15) is 9.90 Å². The van der Waals surface area contributed by atoms with Crippen LogP contribution in [0.25, 0.3) is 10.1 Å². The van der Waals surface area contributed by atoms with Crippen LogP contribution in [0.3, 0.4) is 0 Å². The van der Waals surface area contributed by atoms with Gasteiger partial charge in [-0.3, -0.25) is 4.79 Å². The molecular weight excluding hydrogens is 264 g/mol. The summed E-state index contributed by atoms with van der Waals surface area (Å²) in [7, 11) is 0. The molecule has 0 aliphatic carbocycles. The lowest BCUT2D eigenvalue weighted by Crippen LogP contribution is -1.78. The standard InChI is InChI=1S/C10H7BrO2S/c11-4-8-7-2-1-6(5-12)3-9(7)14-10(8)13/h1-3,5,13H,4H2. The van der Waals surface area contributed by atoms with Gasteiger partial charge in [-0.15, -0.1) is 0 Å². The molecule has 2 aromatic rings. The number of aldehydes is 1. The second-order valence-electron chi connectivity index (χ2n) is 2.89. The van der Waals surface area contributed by atoms with Crippen molar-refractivity contribution in [2.45, 2.75) is 5.33 Å². The van der Waals surface area contributed by atoms with E-state index in [0.29, 0.717) is 16.0 Å². The predicted molar refractivity (Wildman–Crippen MR) is 61.5 cm³/mol. The van der Waals surface area contributed by atoms with Crippen molar-refractivity contribution < 1.29 is 9.90 Å². The molecule has 72 valence electrons. The number of halogens is 1. The largest absolute Gasteiger partial charge is 0.499 e. The highest BCUT2D eigenvalue weighted by molar-refractivity contribution is 9.08. The van der Waals surface area contributed by atoms with E-state index in [2.05, 4.69) is 15.9 Å². The highest BCUT2D eigenvalue weighted by Crippen LogP contribution is 2.38. The van der Waals surface area contributed by atoms with Gasteiger partial charge in [0.1, 0.15) is 6.29 Å². The number of benzene rings is 1. The summed E-state index contributed by atoms with van der Waals surface area (Å²) in [6.07, 6.45) is 0.810. The van der Waals surface area contributed by atoms with E-state index in [-0.39, 0.29) is 0 Å². The van der Waals surface area contributed by atoms with Crippen LogP contribution in [-0.2, 0) is 5.33 Å². The highest BCUT2D eigenvalue weighted by atomic mass is 79.9. The Kier molecular flexibility index (Phi) is 2.56. The van der Waals surface area contributed by atoms with Gasteiger partial charge in [-0.2, -0.15) is 0 Å². The Bertz CT molecular complexity index is 490. The minimum atomic E-state index is 0.319. The van der Waals surface area contributed by atoms with Crippen molar-refractivity contribution in [2.24, 2.45) is 0 Å². The first kappa shape index (κ1) is 9.68. The SMILES string of the molecule is O=Cc1ccc2c(CBr)c(O)sc2c1. The number of alkyl halides is 1. The van der Waals surface area contributed by atoms with Crippen LogP contribution in [0.5, 0.6) is 5.06 Å². The minimum Gasteiger partial charge on any atom is -0.499 e. The van der Waals surface area contributed by atoms with E-state index >= 15 is 0 Å². The summed E-state index contributed by atoms with van der Waals surface area (Å²) in [6, 6.07) is 5.42. The number of aromatic hydroxyl groups is 1. The van der Waals surface area contributed by atoms with Crippen LogP contribution in [0.15, 0.2) is 18.2 Å². The maximum absolute atomic E-state index is 10.5. The lowest BCUT2D eigenvalue weighted by atomic mass is 10.1. The molecule has 4 heteroatoms. The lowest BCUT2D eigenvalue weighted by molar-refractivity contribution is 0.112. The van der Waals surface area contributed by atoms with Gasteiger partial charge in [0.15, 0.2) is 5.06 Å². The zero-order chi connectivity index (χ0) is 10.1. The van der Waals surface area contributed by atoms with Crippen LogP contribution < -0.4 is 0 Å². The number of rotatable bonds is 2. The molecule has 1 aromatic carbocycles. The summed E-state index contributed by atoms with van der Waals surface area (Å²) in [6.45, 7) is 0. The van der Waals surface area contributed by atoms with Gasteiger partial charge in [0.25, 0.3) is 0 Å². The average Bonchev–Trinajstić information content (AvgIpc) is 2.51. The maximum atomic E-state index is 10.5. The van der Waals surface area contributed by atoms with E-state index < -0.39 is 0 Å². The third-order valence-electron chi connectivity index (χ3n) is 2.07. The normalized spacial score (nSPS) is 10.6. The summed E-state index contributed by atoms with van der Waals surface area (Å²) < 4.78 is 0.946. The van der Waals surface area contributed by atoms with Gasteiger partial charge in [0.05, 0.1) is 0 Å². The third kappa shape index (κ3) is 1.44. The van der Waals surface area contributed by atoms with Crippen LogP contribution in [0, 0.1) is 0 Å². The number of thiophene rings is 1. The predicted octanol–water partition coefficient (Wildman–Crippen LogP) is 3.31. The Morgan fingerprint density at radius 2 is 2.29 bits per heavy atom. The van der Waals surface area contributed by atoms with Gasteiger partial charge >= 0.3 is 0 Å². The summed E-state index contributed by atoms with van der Waals surface area (Å²) in [5.74, 6) is 0. The first-order valence-corrected chi connectivity index (χ1v) is 5.95. The number of carbonyl (C=O) groups excluding carboxylic acids is 1. The highest BCUT2D eigenvalue weighted by Gasteiger charge is 2.09. The molecule has 0 spiro atoms. The molecule has 0 saturated heterocycles. The van der Waals surface area contributed by atoms with Gasteiger partial charge in [-0.05, 0) is 6.07 Å². The minimum absolute atomic E-state index is 0.319. The first-order valence-electron chi connectivity index (χ1n) is 4.02. The molecule has 1 heterocycles. The molecule has 0 radical (unpaired) electrons. The van der Waals surface area contributed by atoms with Crippen molar-refractivity contribution in [2.75, 3.05) is 0 Å². The molecule has 1 N–H and O–H groups in total. The molecule has 0 aliphatic rings. The summed E-state index contributed by atoms with van der Waals surface area (Å²) in [5, 5.41) is 11.6. The van der Waals surface area contributed by atoms with Crippen LogP contribution in [0.4, 0.5) is 0 Å². The van der Waals surface area contributed by atoms with Gasteiger partial charge in [-0.1, -0.05) is 39.4 Å². The van der Waals surface area contributed by atoms with Crippen molar-refractivity contribution in [3.8, 4) is 5.06 Å². The molecule has 0 fully saturated rings. The molecule has 2 nitrogen and oxygen atoms in total. The van der Waals surface area contributed by atoms with Crippen molar-refractivity contribution in [3.05, 3.63) is 29.3 Å². The fraction of sp³-hybridized carbons (Fsp3) is 0.100. The van der Waals surface area contributed by atoms with Gasteiger partial charge < -0.3 is 5.11 Å². The van der Waals surface area contributed by atoms with E-state index in [1.54, 1.807) is 12.1 Å². The quantitative estimate of drug-likeness (QED) is 0.672. The second kappa shape index (κ2) is 3.71. The van der Waals surface area contributed by atoms with Crippen molar-refractivity contribution in [1.29, 1.82) is 0 Å². The molecule has 0 bridgehead atoms. The molecule has 14 heavy (non-hydrogen) atoms. The van der Waals surface area contributed by atoms with Gasteiger partial charge in [0.2, 0.25) is 0 Å².